The molecular formula is C20H26ClFN2O2+2. The third kappa shape index (κ3) is 5.95. The molecule has 0 saturated carbocycles. The molecule has 2 aromatic rings. The molecule has 0 spiro atoms. The molecular weight excluding hydrogens is 355 g/mol. The SMILES string of the molecule is O[C@H](COc1ccc(F)cc1)C[NH+]1CC[NH+](Cc2ccc(Cl)cc2)CC1. The number of ether oxygens (including phenoxy) is 1. The van der Waals surface area contributed by atoms with E-state index in [2.05, 4.69) is 12.1 Å². The summed E-state index contributed by atoms with van der Waals surface area (Å²) in [6.45, 7) is 6.17. The highest BCUT2D eigenvalue weighted by molar-refractivity contribution is 6.30. The number of hydrogen-bond acceptors (Lipinski definition) is 2. The van der Waals surface area contributed by atoms with E-state index >= 15 is 0 Å². The second kappa shape index (κ2) is 9.33. The predicted molar refractivity (Wildman–Crippen MR) is 99.3 cm³/mol. The molecule has 0 aromatic heterocycles. The first kappa shape index (κ1) is 19.1. The molecule has 0 aliphatic carbocycles. The van der Waals surface area contributed by atoms with Crippen LogP contribution in [0.5, 0.6) is 5.75 Å². The van der Waals surface area contributed by atoms with Gasteiger partial charge in [-0.15, -0.1) is 0 Å². The Bertz CT molecular complexity index is 673. The van der Waals surface area contributed by atoms with Gasteiger partial charge in [-0.2, -0.15) is 0 Å². The number of nitrogens with one attached hydrogen (secondary N) is 2. The minimum atomic E-state index is -0.520. The Morgan fingerprint density at radius 2 is 1.58 bits per heavy atom. The Morgan fingerprint density at radius 3 is 2.23 bits per heavy atom. The number of benzene rings is 2. The summed E-state index contributed by atoms with van der Waals surface area (Å²) in [6, 6.07) is 13.9. The van der Waals surface area contributed by atoms with Crippen LogP contribution in [0.25, 0.3) is 0 Å². The van der Waals surface area contributed by atoms with Gasteiger partial charge in [0.15, 0.2) is 0 Å². The van der Waals surface area contributed by atoms with Gasteiger partial charge < -0.3 is 19.6 Å². The predicted octanol–water partition coefficient (Wildman–Crippen LogP) is 0.202. The molecule has 1 fully saturated rings. The van der Waals surface area contributed by atoms with E-state index in [0.717, 1.165) is 37.7 Å². The molecule has 6 heteroatoms. The zero-order chi connectivity index (χ0) is 18.4. The van der Waals surface area contributed by atoms with Crippen molar-refractivity contribution in [1.29, 1.82) is 0 Å². The van der Waals surface area contributed by atoms with Crippen molar-refractivity contribution in [2.75, 3.05) is 39.3 Å². The van der Waals surface area contributed by atoms with Crippen LogP contribution in [0.4, 0.5) is 4.39 Å². The number of aliphatic hydroxyl groups excluding tert-OH is 1. The Hall–Kier alpha value is -1.66. The number of hydrogen-bond donors (Lipinski definition) is 3. The summed E-state index contributed by atoms with van der Waals surface area (Å²) < 4.78 is 18.4. The van der Waals surface area contributed by atoms with E-state index in [4.69, 9.17) is 16.3 Å². The highest BCUT2D eigenvalue weighted by Crippen LogP contribution is 2.11. The van der Waals surface area contributed by atoms with Gasteiger partial charge in [-0.1, -0.05) is 23.7 Å². The van der Waals surface area contributed by atoms with Crippen LogP contribution in [0.1, 0.15) is 5.56 Å². The molecule has 3 rings (SSSR count). The van der Waals surface area contributed by atoms with Crippen LogP contribution >= 0.6 is 11.6 Å². The van der Waals surface area contributed by atoms with Crippen molar-refractivity contribution in [2.24, 2.45) is 0 Å². The lowest BCUT2D eigenvalue weighted by Crippen LogP contribution is -3.28. The van der Waals surface area contributed by atoms with Crippen molar-refractivity contribution >= 4 is 11.6 Å². The summed E-state index contributed by atoms with van der Waals surface area (Å²) in [7, 11) is 0. The Morgan fingerprint density at radius 1 is 0.962 bits per heavy atom. The molecule has 4 nitrogen and oxygen atoms in total. The van der Waals surface area contributed by atoms with Gasteiger partial charge in [0.2, 0.25) is 0 Å². The lowest BCUT2D eigenvalue weighted by atomic mass is 10.2. The normalized spacial score (nSPS) is 21.3. The summed E-state index contributed by atoms with van der Waals surface area (Å²) in [6.07, 6.45) is -0.520. The first-order valence-corrected chi connectivity index (χ1v) is 9.44. The molecule has 3 N–H and O–H groups in total. The zero-order valence-electron chi connectivity index (χ0n) is 14.8. The van der Waals surface area contributed by atoms with Gasteiger partial charge >= 0.3 is 0 Å². The maximum atomic E-state index is 12.9. The topological polar surface area (TPSA) is 38.3 Å². The van der Waals surface area contributed by atoms with Crippen molar-refractivity contribution in [1.82, 2.24) is 0 Å². The molecule has 0 radical (unpaired) electrons. The summed E-state index contributed by atoms with van der Waals surface area (Å²) in [5, 5.41) is 11.0. The summed E-state index contributed by atoms with van der Waals surface area (Å²) in [5.74, 6) is 0.291. The first-order chi connectivity index (χ1) is 12.6. The van der Waals surface area contributed by atoms with Crippen LogP contribution in [0.15, 0.2) is 48.5 Å². The largest absolute Gasteiger partial charge is 0.491 e. The molecule has 1 saturated heterocycles. The van der Waals surface area contributed by atoms with Gasteiger partial charge in [0.1, 0.15) is 63.5 Å². The van der Waals surface area contributed by atoms with Crippen molar-refractivity contribution in [3.63, 3.8) is 0 Å². The first-order valence-electron chi connectivity index (χ1n) is 9.06. The number of piperazine rings is 1. The Balaban J connectivity index is 1.36. The fraction of sp³-hybridized carbons (Fsp3) is 0.400. The van der Waals surface area contributed by atoms with E-state index in [9.17, 15) is 9.50 Å². The van der Waals surface area contributed by atoms with Gasteiger partial charge in [0.05, 0.1) is 0 Å². The lowest BCUT2D eigenvalue weighted by Gasteiger charge is -2.30. The number of rotatable bonds is 7. The van der Waals surface area contributed by atoms with E-state index in [1.54, 1.807) is 17.0 Å². The van der Waals surface area contributed by atoms with Gasteiger partial charge in [0.25, 0.3) is 0 Å². The second-order valence-corrected chi connectivity index (χ2v) is 7.36. The molecule has 1 atom stereocenters. The van der Waals surface area contributed by atoms with Crippen LogP contribution < -0.4 is 14.5 Å². The van der Waals surface area contributed by atoms with Crippen molar-refractivity contribution in [3.8, 4) is 5.75 Å². The average Bonchev–Trinajstić information content (AvgIpc) is 2.65. The molecule has 1 aliphatic heterocycles. The fourth-order valence-corrected chi connectivity index (χ4v) is 3.47. The Labute approximate surface area is 158 Å². The minimum Gasteiger partial charge on any atom is -0.491 e. The Kier molecular flexibility index (Phi) is 6.86. The highest BCUT2D eigenvalue weighted by Gasteiger charge is 2.25. The lowest BCUT2D eigenvalue weighted by molar-refractivity contribution is -1.02. The molecule has 1 heterocycles. The minimum absolute atomic E-state index is 0.233. The molecule has 2 aromatic carbocycles. The third-order valence-corrected chi connectivity index (χ3v) is 5.06. The maximum Gasteiger partial charge on any atom is 0.137 e. The molecule has 0 bridgehead atoms. The van der Waals surface area contributed by atoms with Crippen molar-refractivity contribution in [3.05, 3.63) is 64.9 Å². The zero-order valence-corrected chi connectivity index (χ0v) is 15.5. The maximum absolute atomic E-state index is 12.9. The number of aliphatic hydroxyl groups is 1. The molecule has 26 heavy (non-hydrogen) atoms. The summed E-state index contributed by atoms with van der Waals surface area (Å²) in [4.78, 5) is 2.97. The molecule has 0 unspecified atom stereocenters. The van der Waals surface area contributed by atoms with Gasteiger partial charge in [-0.3, -0.25) is 0 Å². The van der Waals surface area contributed by atoms with Gasteiger partial charge in [0, 0.05) is 10.6 Å². The standard InChI is InChI=1S/C20H24ClFN2O2/c21-17-3-1-16(2-4-17)13-23-9-11-24(12-10-23)14-19(25)15-26-20-7-5-18(22)6-8-20/h1-8,19,25H,9-15H2/p+2/t19-/m0/s1. The van der Waals surface area contributed by atoms with Crippen LogP contribution in [0, 0.1) is 5.82 Å². The van der Waals surface area contributed by atoms with Crippen LogP contribution in [0.3, 0.4) is 0 Å². The highest BCUT2D eigenvalue weighted by atomic mass is 35.5. The smallest absolute Gasteiger partial charge is 0.137 e. The monoisotopic (exact) mass is 380 g/mol. The van der Waals surface area contributed by atoms with Crippen LogP contribution in [0.2, 0.25) is 5.02 Å². The molecule has 140 valence electrons. The second-order valence-electron chi connectivity index (χ2n) is 6.93. The van der Waals surface area contributed by atoms with Crippen LogP contribution in [-0.2, 0) is 6.54 Å². The van der Waals surface area contributed by atoms with Gasteiger partial charge in [-0.25, -0.2) is 4.39 Å². The summed E-state index contributed by atoms with van der Waals surface area (Å²) >= 11 is 5.93. The average molecular weight is 381 g/mol. The van der Waals surface area contributed by atoms with E-state index in [1.807, 2.05) is 12.1 Å². The summed E-state index contributed by atoms with van der Waals surface area (Å²) in [5.41, 5.74) is 1.31. The molecule has 0 amide bonds. The van der Waals surface area contributed by atoms with Crippen molar-refractivity contribution < 1.29 is 24.0 Å². The van der Waals surface area contributed by atoms with Crippen LogP contribution in [-0.4, -0.2) is 50.5 Å². The third-order valence-electron chi connectivity index (χ3n) is 4.81. The molecule has 1 aliphatic rings. The quantitative estimate of drug-likeness (QED) is 0.642. The van der Waals surface area contributed by atoms with E-state index < -0.39 is 6.10 Å². The van der Waals surface area contributed by atoms with E-state index in [1.165, 1.54) is 22.6 Å². The van der Waals surface area contributed by atoms with Gasteiger partial charge in [-0.05, 0) is 36.4 Å². The fourth-order valence-electron chi connectivity index (χ4n) is 3.34. The van der Waals surface area contributed by atoms with E-state index in [0.29, 0.717) is 12.3 Å². The van der Waals surface area contributed by atoms with Crippen molar-refractivity contribution in [2.45, 2.75) is 12.6 Å². The number of quaternary nitrogens is 2. The number of halogens is 2. The van der Waals surface area contributed by atoms with E-state index in [-0.39, 0.29) is 12.4 Å².